The summed E-state index contributed by atoms with van der Waals surface area (Å²) in [5.41, 5.74) is 13.9. The molecule has 8 heteroatoms. The first-order valence-corrected chi connectivity index (χ1v) is 19.1. The van der Waals surface area contributed by atoms with Gasteiger partial charge in [-0.05, 0) is 64.3 Å². The van der Waals surface area contributed by atoms with Crippen LogP contribution in [0.25, 0.3) is 22.5 Å². The highest BCUT2D eigenvalue weighted by atomic mass is 16.5. The molecule has 0 saturated carbocycles. The third kappa shape index (κ3) is 7.80. The molecular weight excluding hydrogens is 681 g/mol. The molecular formula is C47H46N6O2. The second-order valence-electron chi connectivity index (χ2n) is 13.7. The third-order valence-corrected chi connectivity index (χ3v) is 10.0. The van der Waals surface area contributed by atoms with Crippen molar-refractivity contribution in [2.45, 2.75) is 64.5 Å². The van der Waals surface area contributed by atoms with E-state index in [0.717, 1.165) is 82.4 Å². The van der Waals surface area contributed by atoms with Crippen LogP contribution in [0.1, 0.15) is 83.5 Å². The molecule has 2 heterocycles. The fourth-order valence-electron chi connectivity index (χ4n) is 7.24. The Morgan fingerprint density at radius 1 is 0.691 bits per heavy atom. The van der Waals surface area contributed by atoms with Crippen molar-refractivity contribution in [1.82, 2.24) is 25.2 Å². The Bertz CT molecular complexity index is 2230. The summed E-state index contributed by atoms with van der Waals surface area (Å²) in [6, 6.07) is 49.2. The monoisotopic (exact) mass is 726 g/mol. The van der Waals surface area contributed by atoms with Gasteiger partial charge in [0, 0.05) is 17.3 Å². The van der Waals surface area contributed by atoms with Crippen molar-refractivity contribution < 1.29 is 9.53 Å². The van der Waals surface area contributed by atoms with Gasteiger partial charge in [-0.25, -0.2) is 0 Å². The van der Waals surface area contributed by atoms with E-state index in [-0.39, 0.29) is 6.61 Å². The lowest BCUT2D eigenvalue weighted by Crippen LogP contribution is -2.39. The molecule has 0 fully saturated rings. The number of tetrazole rings is 1. The van der Waals surface area contributed by atoms with Crippen molar-refractivity contribution >= 4 is 5.91 Å². The first-order valence-electron chi connectivity index (χ1n) is 19.1. The normalized spacial score (nSPS) is 11.4. The molecule has 0 radical (unpaired) electrons. The number of primary amides is 1. The molecule has 0 aliphatic rings. The van der Waals surface area contributed by atoms with Gasteiger partial charge in [-0.15, -0.1) is 15.0 Å². The van der Waals surface area contributed by atoms with E-state index in [4.69, 9.17) is 30.9 Å². The lowest BCUT2D eigenvalue weighted by molar-refractivity contribution is 0.0994. The van der Waals surface area contributed by atoms with Crippen molar-refractivity contribution in [3.05, 3.63) is 185 Å². The quantitative estimate of drug-likeness (QED) is 0.0994. The number of pyridine rings is 1. The van der Waals surface area contributed by atoms with Gasteiger partial charge in [0.15, 0.2) is 5.54 Å². The predicted molar refractivity (Wildman–Crippen MR) is 218 cm³/mol. The van der Waals surface area contributed by atoms with Gasteiger partial charge in [-0.2, -0.15) is 0 Å². The summed E-state index contributed by atoms with van der Waals surface area (Å²) in [5, 5.41) is 14.6. The maximum atomic E-state index is 12.7. The highest BCUT2D eigenvalue weighted by Crippen LogP contribution is 2.40. The number of rotatable bonds is 16. The summed E-state index contributed by atoms with van der Waals surface area (Å²) < 4.78 is 6.34. The van der Waals surface area contributed by atoms with Crippen LogP contribution in [-0.2, 0) is 25.0 Å². The molecule has 2 N–H and O–H groups in total. The lowest BCUT2D eigenvalue weighted by Gasteiger charge is -2.34. The number of unbranched alkanes of at least 4 members (excludes halogenated alkanes) is 2. The smallest absolute Gasteiger partial charge is 0.254 e. The van der Waals surface area contributed by atoms with Crippen molar-refractivity contribution in [3.8, 4) is 28.3 Å². The van der Waals surface area contributed by atoms with Gasteiger partial charge >= 0.3 is 0 Å². The minimum absolute atomic E-state index is 0.281. The van der Waals surface area contributed by atoms with Crippen LogP contribution >= 0.6 is 0 Å². The molecule has 8 nitrogen and oxygen atoms in total. The number of nitrogens with two attached hydrogens (primary N) is 1. The fraction of sp³-hybridized carbons (Fsp3) is 0.213. The van der Waals surface area contributed by atoms with E-state index in [1.165, 1.54) is 0 Å². The minimum atomic E-state index is -0.873. The van der Waals surface area contributed by atoms with E-state index in [1.54, 1.807) is 4.80 Å². The van der Waals surface area contributed by atoms with Gasteiger partial charge in [0.1, 0.15) is 17.9 Å². The molecule has 0 bridgehead atoms. The summed E-state index contributed by atoms with van der Waals surface area (Å²) in [7, 11) is 0. The number of benzene rings is 5. The van der Waals surface area contributed by atoms with Crippen molar-refractivity contribution in [1.29, 1.82) is 0 Å². The fourth-order valence-corrected chi connectivity index (χ4v) is 7.24. The molecule has 0 atom stereocenters. The van der Waals surface area contributed by atoms with Gasteiger partial charge in [0.05, 0.1) is 5.69 Å². The van der Waals surface area contributed by atoms with Crippen LogP contribution in [0.4, 0.5) is 0 Å². The van der Waals surface area contributed by atoms with E-state index in [1.807, 2.05) is 91.0 Å². The van der Waals surface area contributed by atoms with Crippen LogP contribution in [-0.4, -0.2) is 31.1 Å². The summed E-state index contributed by atoms with van der Waals surface area (Å²) in [6.45, 7) is 4.56. The van der Waals surface area contributed by atoms with Crippen LogP contribution in [0.2, 0.25) is 0 Å². The lowest BCUT2D eigenvalue weighted by atomic mass is 9.77. The number of amides is 1. The van der Waals surface area contributed by atoms with E-state index in [9.17, 15) is 4.79 Å². The maximum absolute atomic E-state index is 12.7. The number of hydrogen-bond acceptors (Lipinski definition) is 6. The summed E-state index contributed by atoms with van der Waals surface area (Å²) in [4.78, 5) is 19.2. The van der Waals surface area contributed by atoms with E-state index in [2.05, 4.69) is 68.4 Å². The van der Waals surface area contributed by atoms with E-state index < -0.39 is 11.4 Å². The van der Waals surface area contributed by atoms with Gasteiger partial charge in [0.25, 0.3) is 5.91 Å². The molecule has 0 aliphatic carbocycles. The Hall–Kier alpha value is -6.41. The van der Waals surface area contributed by atoms with Gasteiger partial charge in [-0.3, -0.25) is 9.78 Å². The first kappa shape index (κ1) is 36.9. The summed E-state index contributed by atoms with van der Waals surface area (Å²) in [6.07, 6.45) is 5.50. The molecule has 1 amide bonds. The Labute approximate surface area is 323 Å². The Kier molecular flexibility index (Phi) is 11.5. The molecule has 0 spiro atoms. The standard InChI is InChI=1S/C47H46N6O2/c1-3-5-24-39-32-43(44(45(48)54)42(49-39)27-6-4-2)55-33-34-28-30-35(31-29-34)40-25-16-17-26-41(40)46-50-52-53(51-46)47(36-18-10-7-11-19-36,37-20-12-8-13-21-37)38-22-14-9-15-23-38/h7-23,25-26,28-32H,3-6,24,27,33H2,1-2H3,(H2,48,54). The topological polar surface area (TPSA) is 109 Å². The SMILES string of the molecule is CCCCc1cc(OCc2ccc(-c3ccccc3-c3nnn(C(c4ccccc4)(c4ccccc4)c4ccccc4)n3)cc2)c(C(N)=O)c(CCCC)n1. The molecule has 2 aromatic heterocycles. The summed E-state index contributed by atoms with van der Waals surface area (Å²) >= 11 is 0. The number of carbonyl (C=O) groups excluding carboxylic acids is 1. The van der Waals surface area contributed by atoms with Crippen molar-refractivity contribution in [2.75, 3.05) is 0 Å². The summed E-state index contributed by atoms with van der Waals surface area (Å²) in [5.74, 6) is 0.507. The number of ether oxygens (including phenoxy) is 1. The highest BCUT2D eigenvalue weighted by Gasteiger charge is 2.41. The molecule has 55 heavy (non-hydrogen) atoms. The molecule has 0 unspecified atom stereocenters. The van der Waals surface area contributed by atoms with Crippen LogP contribution in [0.15, 0.2) is 146 Å². The van der Waals surface area contributed by atoms with Crippen molar-refractivity contribution in [2.24, 2.45) is 5.73 Å². The molecule has 276 valence electrons. The average molecular weight is 727 g/mol. The zero-order valence-electron chi connectivity index (χ0n) is 31.4. The number of aromatic nitrogens is 5. The largest absolute Gasteiger partial charge is 0.488 e. The average Bonchev–Trinajstić information content (AvgIpc) is 3.73. The molecule has 0 aliphatic heterocycles. The Morgan fingerprint density at radius 2 is 1.24 bits per heavy atom. The maximum Gasteiger partial charge on any atom is 0.254 e. The van der Waals surface area contributed by atoms with Crippen LogP contribution in [0, 0.1) is 0 Å². The number of aryl methyl sites for hydroxylation is 2. The molecule has 7 rings (SSSR count). The Morgan fingerprint density at radius 3 is 1.80 bits per heavy atom. The third-order valence-electron chi connectivity index (χ3n) is 10.0. The number of carbonyl (C=O) groups is 1. The molecule has 7 aromatic rings. The predicted octanol–water partition coefficient (Wildman–Crippen LogP) is 9.61. The zero-order chi connectivity index (χ0) is 38.0. The van der Waals surface area contributed by atoms with E-state index in [0.29, 0.717) is 23.6 Å². The molecule has 5 aromatic carbocycles. The van der Waals surface area contributed by atoms with Crippen LogP contribution < -0.4 is 10.5 Å². The van der Waals surface area contributed by atoms with E-state index >= 15 is 0 Å². The number of nitrogens with zero attached hydrogens (tertiary/aromatic N) is 5. The van der Waals surface area contributed by atoms with Gasteiger partial charge in [-0.1, -0.05) is 166 Å². The second-order valence-corrected chi connectivity index (χ2v) is 13.7. The first-order chi connectivity index (χ1) is 27.0. The van der Waals surface area contributed by atoms with Gasteiger partial charge < -0.3 is 10.5 Å². The number of hydrogen-bond donors (Lipinski definition) is 1. The highest BCUT2D eigenvalue weighted by molar-refractivity contribution is 5.96. The zero-order valence-corrected chi connectivity index (χ0v) is 31.4. The Balaban J connectivity index is 1.21. The van der Waals surface area contributed by atoms with Gasteiger partial charge in [0.2, 0.25) is 5.82 Å². The van der Waals surface area contributed by atoms with Crippen molar-refractivity contribution in [3.63, 3.8) is 0 Å². The molecule has 0 saturated heterocycles. The van der Waals surface area contributed by atoms with Crippen LogP contribution in [0.5, 0.6) is 5.75 Å². The second kappa shape index (κ2) is 17.2. The van der Waals surface area contributed by atoms with Crippen LogP contribution in [0.3, 0.4) is 0 Å². The minimum Gasteiger partial charge on any atom is -0.488 e.